The first-order valence-electron chi connectivity index (χ1n) is 5.57. The molecule has 0 spiro atoms. The first kappa shape index (κ1) is 12.7. The molecule has 1 aromatic carbocycles. The molecule has 0 aliphatic heterocycles. The molecule has 0 saturated heterocycles. The molecule has 1 saturated carbocycles. The lowest BCUT2D eigenvalue weighted by atomic mass is 10.1. The molecule has 2 rings (SSSR count). The quantitative estimate of drug-likeness (QED) is 0.847. The summed E-state index contributed by atoms with van der Waals surface area (Å²) >= 11 is 5.96. The summed E-state index contributed by atoms with van der Waals surface area (Å²) in [6, 6.07) is 5.07. The van der Waals surface area contributed by atoms with Gasteiger partial charge in [-0.05, 0) is 25.0 Å². The average molecular weight is 269 g/mol. The highest BCUT2D eigenvalue weighted by atomic mass is 35.5. The third kappa shape index (κ3) is 2.56. The van der Waals surface area contributed by atoms with Gasteiger partial charge in [-0.15, -0.1) is 0 Å². The third-order valence-corrected chi connectivity index (χ3v) is 3.16. The number of hydrogen-bond acceptors (Lipinski definition) is 3. The third-order valence-electron chi connectivity index (χ3n) is 2.84. The van der Waals surface area contributed by atoms with E-state index in [0.717, 1.165) is 12.8 Å². The van der Waals surface area contributed by atoms with Crippen molar-refractivity contribution in [1.29, 1.82) is 0 Å². The zero-order valence-electron chi connectivity index (χ0n) is 9.60. The van der Waals surface area contributed by atoms with E-state index in [2.05, 4.69) is 0 Å². The fraction of sp³-hybridized carbons (Fsp3) is 0.333. The van der Waals surface area contributed by atoms with E-state index in [1.807, 2.05) is 0 Å². The Morgan fingerprint density at radius 1 is 1.44 bits per heavy atom. The maximum atomic E-state index is 11.4. The predicted molar refractivity (Wildman–Crippen MR) is 68.0 cm³/mol. The van der Waals surface area contributed by atoms with Crippen molar-refractivity contribution >= 4 is 29.2 Å². The zero-order valence-corrected chi connectivity index (χ0v) is 10.4. The maximum absolute atomic E-state index is 11.4. The number of aliphatic carboxylic acids is 1. The molecule has 0 atom stereocenters. The SMILES string of the molecule is NC(=O)c1c(Cl)cccc1N(CC(=O)O)C1CC1. The summed E-state index contributed by atoms with van der Waals surface area (Å²) in [7, 11) is 0. The van der Waals surface area contributed by atoms with E-state index in [-0.39, 0.29) is 23.2 Å². The number of anilines is 1. The number of rotatable bonds is 5. The second-order valence-corrected chi connectivity index (χ2v) is 4.66. The summed E-state index contributed by atoms with van der Waals surface area (Å²) in [6.45, 7) is -0.161. The highest BCUT2D eigenvalue weighted by molar-refractivity contribution is 6.34. The Morgan fingerprint density at radius 2 is 2.11 bits per heavy atom. The Labute approximate surface area is 109 Å². The summed E-state index contributed by atoms with van der Waals surface area (Å²) in [5, 5.41) is 9.18. The summed E-state index contributed by atoms with van der Waals surface area (Å²) in [4.78, 5) is 24.0. The Bertz CT molecular complexity index is 500. The van der Waals surface area contributed by atoms with Gasteiger partial charge in [-0.1, -0.05) is 17.7 Å². The van der Waals surface area contributed by atoms with Gasteiger partial charge in [-0.25, -0.2) is 0 Å². The smallest absolute Gasteiger partial charge is 0.323 e. The number of carboxylic acid groups (broad SMARTS) is 1. The molecule has 1 aromatic rings. The molecule has 0 heterocycles. The molecule has 0 bridgehead atoms. The molecule has 0 unspecified atom stereocenters. The molecule has 18 heavy (non-hydrogen) atoms. The Kier molecular flexibility index (Phi) is 3.43. The number of halogens is 1. The molecule has 1 amide bonds. The Morgan fingerprint density at radius 3 is 2.61 bits per heavy atom. The minimum absolute atomic E-state index is 0.151. The van der Waals surface area contributed by atoms with Crippen molar-refractivity contribution in [3.63, 3.8) is 0 Å². The van der Waals surface area contributed by atoms with Gasteiger partial charge >= 0.3 is 5.97 Å². The highest BCUT2D eigenvalue weighted by Crippen LogP contribution is 2.35. The van der Waals surface area contributed by atoms with Gasteiger partial charge in [0.1, 0.15) is 6.54 Å². The second-order valence-electron chi connectivity index (χ2n) is 4.25. The van der Waals surface area contributed by atoms with Gasteiger partial charge in [0.2, 0.25) is 0 Å². The largest absolute Gasteiger partial charge is 0.480 e. The average Bonchev–Trinajstić information content (AvgIpc) is 3.08. The van der Waals surface area contributed by atoms with Crippen molar-refractivity contribution in [2.75, 3.05) is 11.4 Å². The second kappa shape index (κ2) is 4.86. The van der Waals surface area contributed by atoms with Crippen LogP contribution in [0.5, 0.6) is 0 Å². The number of hydrogen-bond donors (Lipinski definition) is 2. The highest BCUT2D eigenvalue weighted by Gasteiger charge is 2.32. The zero-order chi connectivity index (χ0) is 13.3. The van der Waals surface area contributed by atoms with Crippen LogP contribution in [-0.2, 0) is 4.79 Å². The van der Waals surface area contributed by atoms with Crippen LogP contribution in [0.25, 0.3) is 0 Å². The van der Waals surface area contributed by atoms with E-state index in [4.69, 9.17) is 22.4 Å². The topological polar surface area (TPSA) is 83.6 Å². The number of carboxylic acids is 1. The Balaban J connectivity index is 2.43. The number of benzene rings is 1. The lowest BCUT2D eigenvalue weighted by Crippen LogP contribution is -2.33. The fourth-order valence-corrected chi connectivity index (χ4v) is 2.20. The van der Waals surface area contributed by atoms with E-state index in [9.17, 15) is 9.59 Å². The van der Waals surface area contributed by atoms with Gasteiger partial charge in [0.15, 0.2) is 0 Å². The lowest BCUT2D eigenvalue weighted by molar-refractivity contribution is -0.135. The number of amides is 1. The summed E-state index contributed by atoms with van der Waals surface area (Å²) in [5.74, 6) is -1.59. The molecular weight excluding hydrogens is 256 g/mol. The van der Waals surface area contributed by atoms with Crippen molar-refractivity contribution < 1.29 is 14.7 Å². The summed E-state index contributed by atoms with van der Waals surface area (Å²) < 4.78 is 0. The summed E-state index contributed by atoms with van der Waals surface area (Å²) in [5.41, 5.74) is 5.99. The van der Waals surface area contributed by atoms with Crippen LogP contribution in [0.15, 0.2) is 18.2 Å². The van der Waals surface area contributed by atoms with Gasteiger partial charge in [-0.2, -0.15) is 0 Å². The van der Waals surface area contributed by atoms with Crippen LogP contribution in [0.4, 0.5) is 5.69 Å². The fourth-order valence-electron chi connectivity index (χ4n) is 1.94. The maximum Gasteiger partial charge on any atom is 0.323 e. The normalized spacial score (nSPS) is 14.3. The van der Waals surface area contributed by atoms with Crippen molar-refractivity contribution in [1.82, 2.24) is 0 Å². The molecule has 0 aromatic heterocycles. The van der Waals surface area contributed by atoms with Crippen LogP contribution in [0, 0.1) is 0 Å². The number of nitrogens with zero attached hydrogens (tertiary/aromatic N) is 1. The van der Waals surface area contributed by atoms with Crippen LogP contribution in [-0.4, -0.2) is 29.6 Å². The minimum Gasteiger partial charge on any atom is -0.480 e. The summed E-state index contributed by atoms with van der Waals surface area (Å²) in [6.07, 6.45) is 1.83. The van der Waals surface area contributed by atoms with E-state index >= 15 is 0 Å². The van der Waals surface area contributed by atoms with Gasteiger partial charge in [0, 0.05) is 6.04 Å². The number of primary amides is 1. The molecule has 96 valence electrons. The van der Waals surface area contributed by atoms with Crippen molar-refractivity contribution in [3.8, 4) is 0 Å². The predicted octanol–water partition coefficient (Wildman–Crippen LogP) is 1.49. The minimum atomic E-state index is -0.947. The van der Waals surface area contributed by atoms with Gasteiger partial charge in [0.05, 0.1) is 16.3 Å². The molecular formula is C12H13ClN2O3. The molecule has 1 aliphatic carbocycles. The van der Waals surface area contributed by atoms with Gasteiger partial charge < -0.3 is 15.7 Å². The molecule has 0 radical (unpaired) electrons. The molecule has 5 nitrogen and oxygen atoms in total. The van der Waals surface area contributed by atoms with Crippen LogP contribution in [0.2, 0.25) is 5.02 Å². The van der Waals surface area contributed by atoms with Crippen LogP contribution < -0.4 is 10.6 Å². The first-order valence-corrected chi connectivity index (χ1v) is 5.95. The molecule has 1 fully saturated rings. The molecule has 1 aliphatic rings. The van der Waals surface area contributed by atoms with Crippen LogP contribution in [0.1, 0.15) is 23.2 Å². The van der Waals surface area contributed by atoms with E-state index in [0.29, 0.717) is 5.69 Å². The number of carbonyl (C=O) groups excluding carboxylic acids is 1. The first-order chi connectivity index (χ1) is 8.50. The van der Waals surface area contributed by atoms with E-state index in [1.54, 1.807) is 23.1 Å². The molecule has 6 heteroatoms. The monoisotopic (exact) mass is 268 g/mol. The van der Waals surface area contributed by atoms with Gasteiger partial charge in [0.25, 0.3) is 5.91 Å². The van der Waals surface area contributed by atoms with Crippen molar-refractivity contribution in [3.05, 3.63) is 28.8 Å². The van der Waals surface area contributed by atoms with E-state index < -0.39 is 11.9 Å². The van der Waals surface area contributed by atoms with Crippen LogP contribution >= 0.6 is 11.6 Å². The molecule has 3 N–H and O–H groups in total. The number of nitrogens with two attached hydrogens (primary N) is 1. The van der Waals surface area contributed by atoms with Crippen molar-refractivity contribution in [2.45, 2.75) is 18.9 Å². The number of carbonyl (C=O) groups is 2. The lowest BCUT2D eigenvalue weighted by Gasteiger charge is -2.24. The standard InChI is InChI=1S/C12H13ClN2O3/c13-8-2-1-3-9(11(8)12(14)18)15(6-10(16)17)7-4-5-7/h1-3,7H,4-6H2,(H2,14,18)(H,16,17). The van der Waals surface area contributed by atoms with E-state index in [1.165, 1.54) is 0 Å². The van der Waals surface area contributed by atoms with Crippen LogP contribution in [0.3, 0.4) is 0 Å². The van der Waals surface area contributed by atoms with Crippen molar-refractivity contribution in [2.24, 2.45) is 5.73 Å². The Hall–Kier alpha value is -1.75. The van der Waals surface area contributed by atoms with Gasteiger partial charge in [-0.3, -0.25) is 9.59 Å².